The molecular formula is C43H53N3O5. The van der Waals surface area contributed by atoms with Gasteiger partial charge >= 0.3 is 12.1 Å². The summed E-state index contributed by atoms with van der Waals surface area (Å²) in [6.45, 7) is 11.4. The van der Waals surface area contributed by atoms with E-state index in [-0.39, 0.29) is 0 Å². The van der Waals surface area contributed by atoms with Gasteiger partial charge in [0.2, 0.25) is 6.10 Å². The summed E-state index contributed by atoms with van der Waals surface area (Å²) in [5.41, 5.74) is 3.13. The molecule has 0 unspecified atom stereocenters. The summed E-state index contributed by atoms with van der Waals surface area (Å²) < 4.78 is 17.7. The van der Waals surface area contributed by atoms with Crippen LogP contribution in [0.15, 0.2) is 121 Å². The lowest BCUT2D eigenvalue weighted by Gasteiger charge is -2.40. The fraction of sp³-hybridized carbons (Fsp3) is 0.395. The SMILES string of the molecule is COC(=O)[C@H](OC(=O)N1C(C)(C)COC1(C)C)[C@H](CCCN(Cc1ccccc1)Cc1ccccc1)N(Cc1ccccc1)Cc1ccccc1. The molecule has 0 aliphatic carbocycles. The molecule has 1 aliphatic rings. The zero-order chi connectivity index (χ0) is 36.3. The van der Waals surface area contributed by atoms with Crippen LogP contribution >= 0.6 is 0 Å². The van der Waals surface area contributed by atoms with Crippen LogP contribution in [0.5, 0.6) is 0 Å². The van der Waals surface area contributed by atoms with Crippen LogP contribution < -0.4 is 0 Å². The van der Waals surface area contributed by atoms with Crippen LogP contribution in [-0.4, -0.2) is 70.4 Å². The van der Waals surface area contributed by atoms with E-state index in [1.54, 1.807) is 4.90 Å². The average Bonchev–Trinajstić information content (AvgIpc) is 3.36. The zero-order valence-electron chi connectivity index (χ0n) is 30.7. The predicted octanol–water partition coefficient (Wildman–Crippen LogP) is 8.07. The number of carbonyl (C=O) groups excluding carboxylic acids is 2. The lowest BCUT2D eigenvalue weighted by atomic mass is 10.00. The third-order valence-corrected chi connectivity index (χ3v) is 9.51. The topological polar surface area (TPSA) is 71.5 Å². The van der Waals surface area contributed by atoms with Crippen LogP contribution in [0.3, 0.4) is 0 Å². The summed E-state index contributed by atoms with van der Waals surface area (Å²) in [4.78, 5) is 34.3. The van der Waals surface area contributed by atoms with Gasteiger partial charge in [-0.25, -0.2) is 9.59 Å². The Labute approximate surface area is 303 Å². The van der Waals surface area contributed by atoms with Gasteiger partial charge in [-0.2, -0.15) is 0 Å². The molecule has 0 bridgehead atoms. The summed E-state index contributed by atoms with van der Waals surface area (Å²) in [6.07, 6.45) is -0.453. The zero-order valence-corrected chi connectivity index (χ0v) is 30.7. The molecule has 0 aromatic heterocycles. The number of ether oxygens (including phenoxy) is 3. The molecule has 0 radical (unpaired) electrons. The summed E-state index contributed by atoms with van der Waals surface area (Å²) in [7, 11) is 1.35. The number of nitrogens with zero attached hydrogens (tertiary/aromatic N) is 3. The molecule has 0 spiro atoms. The second-order valence-electron chi connectivity index (χ2n) is 14.5. The molecule has 5 rings (SSSR count). The van der Waals surface area contributed by atoms with Gasteiger partial charge in [0, 0.05) is 26.2 Å². The smallest absolute Gasteiger partial charge is 0.413 e. The normalized spacial score (nSPS) is 16.2. The number of benzene rings is 4. The molecule has 8 heteroatoms. The van der Waals surface area contributed by atoms with E-state index in [0.717, 1.165) is 37.2 Å². The second-order valence-corrected chi connectivity index (χ2v) is 14.5. The van der Waals surface area contributed by atoms with Crippen molar-refractivity contribution >= 4 is 12.1 Å². The summed E-state index contributed by atoms with van der Waals surface area (Å²) in [5, 5.41) is 0. The van der Waals surface area contributed by atoms with E-state index in [2.05, 4.69) is 82.6 Å². The van der Waals surface area contributed by atoms with Gasteiger partial charge in [0.05, 0.1) is 25.3 Å². The lowest BCUT2D eigenvalue weighted by Crippen LogP contribution is -2.56. The second kappa shape index (κ2) is 17.6. The van der Waals surface area contributed by atoms with E-state index in [1.165, 1.54) is 18.2 Å². The van der Waals surface area contributed by atoms with Crippen molar-refractivity contribution in [3.63, 3.8) is 0 Å². The molecule has 4 aromatic carbocycles. The van der Waals surface area contributed by atoms with Crippen LogP contribution in [0, 0.1) is 0 Å². The number of hydrogen-bond donors (Lipinski definition) is 0. The number of methoxy groups -OCH3 is 1. The molecule has 0 N–H and O–H groups in total. The molecule has 1 amide bonds. The minimum atomic E-state index is -1.18. The van der Waals surface area contributed by atoms with E-state index in [9.17, 15) is 9.59 Å². The van der Waals surface area contributed by atoms with Gasteiger partial charge in [0.15, 0.2) is 0 Å². The summed E-state index contributed by atoms with van der Waals surface area (Å²) in [6, 6.07) is 40.9. The fourth-order valence-corrected chi connectivity index (χ4v) is 7.11. The standard InChI is InChI=1S/C43H53N3O5/c1-42(2)33-50-43(3,4)46(42)41(48)51-39(40(47)49-5)38(45(31-36-23-14-8-15-24-36)32-37-25-16-9-17-26-37)27-18-28-44(29-34-19-10-6-11-20-34)30-35-21-12-7-13-22-35/h6-17,19-26,38-39H,18,27-33H2,1-5H3/t38-,39+/m0/s1. The molecule has 8 nitrogen and oxygen atoms in total. The van der Waals surface area contributed by atoms with Crippen LogP contribution in [0.2, 0.25) is 0 Å². The molecular weight excluding hydrogens is 638 g/mol. The molecule has 270 valence electrons. The Morgan fingerprint density at radius 3 is 1.53 bits per heavy atom. The Kier molecular flexibility index (Phi) is 13.0. The molecule has 1 fully saturated rings. The van der Waals surface area contributed by atoms with E-state index < -0.39 is 35.5 Å². The Balaban J connectivity index is 1.47. The minimum absolute atomic E-state index is 0.355. The van der Waals surface area contributed by atoms with Crippen molar-refractivity contribution in [2.24, 2.45) is 0 Å². The van der Waals surface area contributed by atoms with E-state index in [4.69, 9.17) is 14.2 Å². The third-order valence-electron chi connectivity index (χ3n) is 9.51. The molecule has 2 atom stereocenters. The van der Waals surface area contributed by atoms with E-state index in [1.807, 2.05) is 76.2 Å². The van der Waals surface area contributed by atoms with Crippen LogP contribution in [0.1, 0.15) is 62.8 Å². The predicted molar refractivity (Wildman–Crippen MR) is 200 cm³/mol. The molecule has 1 saturated heterocycles. The number of amides is 1. The Morgan fingerprint density at radius 2 is 1.14 bits per heavy atom. The van der Waals surface area contributed by atoms with Gasteiger partial charge in [0.25, 0.3) is 0 Å². The maximum Gasteiger partial charge on any atom is 0.413 e. The van der Waals surface area contributed by atoms with Gasteiger partial charge in [-0.1, -0.05) is 121 Å². The monoisotopic (exact) mass is 691 g/mol. The number of carbonyl (C=O) groups is 2. The van der Waals surface area contributed by atoms with Crippen molar-refractivity contribution in [2.75, 3.05) is 20.3 Å². The first-order chi connectivity index (χ1) is 24.6. The third kappa shape index (κ3) is 10.5. The van der Waals surface area contributed by atoms with Crippen molar-refractivity contribution in [3.8, 4) is 0 Å². The highest BCUT2D eigenvalue weighted by Crippen LogP contribution is 2.36. The number of hydrogen-bond acceptors (Lipinski definition) is 7. The molecule has 0 saturated carbocycles. The van der Waals surface area contributed by atoms with Gasteiger partial charge in [-0.15, -0.1) is 0 Å². The largest absolute Gasteiger partial charge is 0.466 e. The maximum absolute atomic E-state index is 14.1. The van der Waals surface area contributed by atoms with Crippen LogP contribution in [0.25, 0.3) is 0 Å². The van der Waals surface area contributed by atoms with Gasteiger partial charge < -0.3 is 14.2 Å². The van der Waals surface area contributed by atoms with Crippen LogP contribution in [0.4, 0.5) is 4.79 Å². The Bertz CT molecular complexity index is 1550. The maximum atomic E-state index is 14.1. The molecule has 1 aliphatic heterocycles. The van der Waals surface area contributed by atoms with E-state index >= 15 is 0 Å². The molecule has 4 aromatic rings. The molecule has 51 heavy (non-hydrogen) atoms. The van der Waals surface area contributed by atoms with E-state index in [0.29, 0.717) is 26.1 Å². The lowest BCUT2D eigenvalue weighted by molar-refractivity contribution is -0.157. The highest BCUT2D eigenvalue weighted by molar-refractivity contribution is 5.80. The quantitative estimate of drug-likeness (QED) is 0.110. The van der Waals surface area contributed by atoms with Gasteiger partial charge in [0.1, 0.15) is 5.72 Å². The first kappa shape index (κ1) is 37.7. The van der Waals surface area contributed by atoms with Crippen LogP contribution in [-0.2, 0) is 45.2 Å². The van der Waals surface area contributed by atoms with Gasteiger partial charge in [-0.3, -0.25) is 14.7 Å². The average molecular weight is 692 g/mol. The molecule has 1 heterocycles. The first-order valence-electron chi connectivity index (χ1n) is 17.9. The summed E-state index contributed by atoms with van der Waals surface area (Å²) >= 11 is 0. The van der Waals surface area contributed by atoms with Crippen molar-refractivity contribution < 1.29 is 23.8 Å². The fourth-order valence-electron chi connectivity index (χ4n) is 7.11. The minimum Gasteiger partial charge on any atom is -0.466 e. The highest BCUT2D eigenvalue weighted by Gasteiger charge is 2.51. The highest BCUT2D eigenvalue weighted by atomic mass is 16.6. The Hall–Kier alpha value is -4.50. The van der Waals surface area contributed by atoms with Crippen molar-refractivity contribution in [1.29, 1.82) is 0 Å². The Morgan fingerprint density at radius 1 is 0.706 bits per heavy atom. The van der Waals surface area contributed by atoms with Crippen molar-refractivity contribution in [2.45, 2.75) is 90.1 Å². The van der Waals surface area contributed by atoms with Crippen molar-refractivity contribution in [1.82, 2.24) is 14.7 Å². The number of esters is 1. The summed E-state index contributed by atoms with van der Waals surface area (Å²) in [5.74, 6) is -0.583. The van der Waals surface area contributed by atoms with Crippen molar-refractivity contribution in [3.05, 3.63) is 144 Å². The van der Waals surface area contributed by atoms with Gasteiger partial charge in [-0.05, 0) is 69.3 Å². The number of rotatable bonds is 16. The first-order valence-corrected chi connectivity index (χ1v) is 17.9.